The molecule has 21 aliphatic rings. The molecule has 77 heavy (non-hydrogen) atoms. The summed E-state index contributed by atoms with van der Waals surface area (Å²) < 4.78 is 78.7. The van der Waals surface area contributed by atoms with Crippen LogP contribution in [-0.2, 0) is 75.9 Å². The predicted molar refractivity (Wildman–Crippen MR) is 226 cm³/mol. The van der Waals surface area contributed by atoms with Crippen molar-refractivity contribution in [1.29, 1.82) is 0 Å². The van der Waals surface area contributed by atoms with E-state index >= 15 is 0 Å². The number of hydrogen-bond donors (Lipinski definition) is 19. The SMILES string of the molecule is O=C[C@H]1O[C@@H]2O[C@H]3[C@H](O)[C@@H](O)[C@@H](O[C@H]4[C@H](O)[C@@H](O)[C@@H](O[C@H]5[C@H](O)[C@@H](O)[C@@H](O[C@H]6[C@H](O)[C@@H](O)[C@@H](O[C@H]7[C@@H](O)[C@H](O)[C@@H](O[C@H]8[C@@H](O)[C@H](O)[C@@H](O[C@H]1[C@H](O)[C@H]2O)O[C@@H]8CO)O[C@@H]7CO)O[C@@H]6C=O)O[C@H]5CO)O[C@@H]4CO)O[C@@H]3CO. The third-order valence-electron chi connectivity index (χ3n) is 14.6. The van der Waals surface area contributed by atoms with Crippen LogP contribution in [0.2, 0.25) is 0 Å². The molecule has 0 saturated carbocycles. The normalized spacial score (nSPS) is 55.2. The summed E-state index contributed by atoms with van der Waals surface area (Å²) in [6.07, 6.45) is -72.1. The van der Waals surface area contributed by atoms with Gasteiger partial charge in [-0.25, -0.2) is 0 Å². The highest BCUT2D eigenvalue weighted by Gasteiger charge is 2.59. The Bertz CT molecular complexity index is 1880. The van der Waals surface area contributed by atoms with Gasteiger partial charge in [-0.1, -0.05) is 0 Å². The van der Waals surface area contributed by atoms with Crippen LogP contribution in [0.4, 0.5) is 0 Å². The minimum absolute atomic E-state index is 0.0358. The second-order valence-electron chi connectivity index (χ2n) is 19.4. The number of ether oxygens (including phenoxy) is 14. The van der Waals surface area contributed by atoms with Crippen molar-refractivity contribution in [3.8, 4) is 0 Å². The zero-order valence-corrected chi connectivity index (χ0v) is 39.9. The number of carbonyl (C=O) groups is 2. The van der Waals surface area contributed by atoms with Crippen LogP contribution in [-0.4, -0.2) is 358 Å². The standard InChI is InChI=1S/C42H66O35/c43-1-8-29-15(50)22(57)36(64-8)72-30-9(2-44)66-38(24(59)17(30)52)74-32-11(4-46)68-40(26(61)19(32)54)76-34-13(6-48)70-42(28(63)21(34)56)77-35-14(7-49)69-41(27(62)20(35)55)75-33-12(5-47)67-39(25(60)18(33)53)73-31-10(3-45)65-37(71-29)23(58)16(31)51/h1,6,8-42,44-47,49-63H,2-5,7H2/t8-,9-,10+,11-,12-,13-,14-,15-,16-,17+,18-,19+,20-,21-,22-,23-,24+,25-,26+,27-,28-,29-,30-,31-,32-,33-,34-,35-,36-,37-,38-,39-,40-,41-,42-/m1/s1. The van der Waals surface area contributed by atoms with Gasteiger partial charge in [-0.15, -0.1) is 0 Å². The number of aldehydes is 2. The fraction of sp³-hybridized carbons (Fsp3) is 0.952. The maximum absolute atomic E-state index is 12.4. The summed E-state index contributed by atoms with van der Waals surface area (Å²) in [6, 6.07) is 0. The molecule has 14 bridgehead atoms. The highest BCUT2D eigenvalue weighted by atomic mass is 16.8. The van der Waals surface area contributed by atoms with Crippen LogP contribution in [0.25, 0.3) is 0 Å². The van der Waals surface area contributed by atoms with Gasteiger partial charge in [0.05, 0.1) is 33.0 Å². The van der Waals surface area contributed by atoms with Crippen molar-refractivity contribution >= 4 is 12.6 Å². The molecule has 35 heteroatoms. The molecule has 444 valence electrons. The number of aliphatic hydroxyl groups excluding tert-OH is 19. The summed E-state index contributed by atoms with van der Waals surface area (Å²) >= 11 is 0. The number of aliphatic hydroxyl groups is 19. The van der Waals surface area contributed by atoms with Crippen molar-refractivity contribution in [2.24, 2.45) is 0 Å². The monoisotopic (exact) mass is 1130 g/mol. The molecule has 21 saturated heterocycles. The lowest BCUT2D eigenvalue weighted by Gasteiger charge is -2.49. The molecule has 0 unspecified atom stereocenters. The van der Waals surface area contributed by atoms with Crippen LogP contribution in [0.15, 0.2) is 0 Å². The van der Waals surface area contributed by atoms with Gasteiger partial charge in [0.25, 0.3) is 0 Å². The number of carbonyl (C=O) groups excluding carboxylic acids is 2. The highest BCUT2D eigenvalue weighted by Crippen LogP contribution is 2.38. The Morgan fingerprint density at radius 3 is 0.545 bits per heavy atom. The van der Waals surface area contributed by atoms with E-state index in [0.29, 0.717) is 0 Å². The van der Waals surface area contributed by atoms with Gasteiger partial charge in [0.2, 0.25) is 0 Å². The molecule has 35 nitrogen and oxygen atoms in total. The first-order chi connectivity index (χ1) is 36.7. The van der Waals surface area contributed by atoms with E-state index in [4.69, 9.17) is 66.3 Å². The summed E-state index contributed by atoms with van der Waals surface area (Å²) in [5.41, 5.74) is 0. The summed E-state index contributed by atoms with van der Waals surface area (Å²) in [7, 11) is 0. The molecule has 0 amide bonds. The van der Waals surface area contributed by atoms with E-state index in [1.807, 2.05) is 0 Å². The van der Waals surface area contributed by atoms with Gasteiger partial charge in [0, 0.05) is 0 Å². The molecule has 21 rings (SSSR count). The molecule has 21 fully saturated rings. The summed E-state index contributed by atoms with van der Waals surface area (Å²) in [5.74, 6) is 0. The van der Waals surface area contributed by atoms with E-state index in [-0.39, 0.29) is 12.6 Å². The third kappa shape index (κ3) is 11.8. The van der Waals surface area contributed by atoms with Crippen molar-refractivity contribution < 1.29 is 173 Å². The molecule has 35 atom stereocenters. The molecule has 21 heterocycles. The number of hydrogen-bond acceptors (Lipinski definition) is 35. The maximum Gasteiger partial charge on any atom is 0.187 e. The lowest BCUT2D eigenvalue weighted by atomic mass is 9.95. The largest absolute Gasteiger partial charge is 0.394 e. The van der Waals surface area contributed by atoms with E-state index < -0.39 is 248 Å². The first kappa shape index (κ1) is 61.1. The van der Waals surface area contributed by atoms with Crippen molar-refractivity contribution in [3.05, 3.63) is 0 Å². The van der Waals surface area contributed by atoms with Crippen LogP contribution in [0.5, 0.6) is 0 Å². The Labute approximate surface area is 433 Å². The van der Waals surface area contributed by atoms with Crippen molar-refractivity contribution in [2.75, 3.05) is 33.0 Å². The first-order valence-electron chi connectivity index (χ1n) is 24.3. The second-order valence-corrected chi connectivity index (χ2v) is 19.4. The summed E-state index contributed by atoms with van der Waals surface area (Å²) in [5, 5.41) is 209. The van der Waals surface area contributed by atoms with Crippen molar-refractivity contribution in [2.45, 2.75) is 215 Å². The second kappa shape index (κ2) is 25.7. The van der Waals surface area contributed by atoms with Crippen LogP contribution in [0.3, 0.4) is 0 Å². The molecule has 0 aromatic heterocycles. The van der Waals surface area contributed by atoms with Gasteiger partial charge in [0.15, 0.2) is 56.6 Å². The molecule has 21 aliphatic heterocycles. The summed E-state index contributed by atoms with van der Waals surface area (Å²) in [6.45, 7) is -5.36. The molecular weight excluding hydrogens is 1060 g/mol. The minimum atomic E-state index is -2.26. The molecule has 0 aromatic carbocycles. The van der Waals surface area contributed by atoms with Crippen LogP contribution in [0.1, 0.15) is 0 Å². The molecular formula is C42H66O35. The molecule has 0 aromatic rings. The minimum Gasteiger partial charge on any atom is -0.394 e. The lowest BCUT2D eigenvalue weighted by molar-refractivity contribution is -0.393. The Hall–Kier alpha value is -1.98. The molecule has 0 aliphatic carbocycles. The molecule has 0 spiro atoms. The smallest absolute Gasteiger partial charge is 0.187 e. The van der Waals surface area contributed by atoms with Crippen molar-refractivity contribution in [3.63, 3.8) is 0 Å². The van der Waals surface area contributed by atoms with Crippen LogP contribution >= 0.6 is 0 Å². The quantitative estimate of drug-likeness (QED) is 0.105. The third-order valence-corrected chi connectivity index (χ3v) is 14.6. The fourth-order valence-electron chi connectivity index (χ4n) is 10.2. The van der Waals surface area contributed by atoms with Gasteiger partial charge in [-0.2, -0.15) is 0 Å². The van der Waals surface area contributed by atoms with Gasteiger partial charge in [-0.3, -0.25) is 0 Å². The summed E-state index contributed by atoms with van der Waals surface area (Å²) in [4.78, 5) is 24.8. The van der Waals surface area contributed by atoms with Gasteiger partial charge in [0.1, 0.15) is 171 Å². The fourth-order valence-corrected chi connectivity index (χ4v) is 10.2. The zero-order chi connectivity index (χ0) is 56.1. The lowest BCUT2D eigenvalue weighted by Crippen LogP contribution is -2.68. The van der Waals surface area contributed by atoms with Gasteiger partial charge in [-0.05, 0) is 0 Å². The first-order valence-corrected chi connectivity index (χ1v) is 24.3. The molecule has 0 radical (unpaired) electrons. The Morgan fingerprint density at radius 1 is 0.221 bits per heavy atom. The van der Waals surface area contributed by atoms with Gasteiger partial charge < -0.3 is 173 Å². The van der Waals surface area contributed by atoms with Gasteiger partial charge >= 0.3 is 0 Å². The topological polar surface area (TPSA) is 548 Å². The zero-order valence-electron chi connectivity index (χ0n) is 39.9. The average Bonchev–Trinajstić information content (AvgIpc) is 3.45. The van der Waals surface area contributed by atoms with Crippen LogP contribution in [0, 0.1) is 0 Å². The van der Waals surface area contributed by atoms with E-state index in [9.17, 15) is 107 Å². The van der Waals surface area contributed by atoms with Crippen LogP contribution < -0.4 is 0 Å². The molecule has 19 N–H and O–H groups in total. The van der Waals surface area contributed by atoms with E-state index in [1.165, 1.54) is 0 Å². The Balaban J connectivity index is 1.08. The van der Waals surface area contributed by atoms with Crippen molar-refractivity contribution in [1.82, 2.24) is 0 Å². The Kier molecular flexibility index (Phi) is 20.4. The Morgan fingerprint density at radius 2 is 0.377 bits per heavy atom. The van der Waals surface area contributed by atoms with E-state index in [1.54, 1.807) is 0 Å². The highest BCUT2D eigenvalue weighted by molar-refractivity contribution is 5.58. The maximum atomic E-state index is 12.4. The van der Waals surface area contributed by atoms with E-state index in [0.717, 1.165) is 0 Å². The van der Waals surface area contributed by atoms with E-state index in [2.05, 4.69) is 0 Å². The average molecular weight is 1130 g/mol. The predicted octanol–water partition coefficient (Wildman–Crippen LogP) is -14.8. The number of rotatable bonds is 7.